The van der Waals surface area contributed by atoms with Gasteiger partial charge in [0, 0.05) is 43.1 Å². The summed E-state index contributed by atoms with van der Waals surface area (Å²) in [5.74, 6) is 0. The second-order valence-corrected chi connectivity index (χ2v) is 12.2. The molecule has 2 aliphatic rings. The van der Waals surface area contributed by atoms with E-state index in [1.54, 1.807) is 13.8 Å². The summed E-state index contributed by atoms with van der Waals surface area (Å²) in [6.45, 7) is 18.6. The quantitative estimate of drug-likeness (QED) is 0.279. The first kappa shape index (κ1) is 26.6. The number of aromatic amines is 1. The van der Waals surface area contributed by atoms with E-state index in [4.69, 9.17) is 23.2 Å². The Morgan fingerprint density at radius 2 is 2.11 bits per heavy atom. The number of H-pyrrole nitrogens is 1. The molecule has 2 N–H and O–H groups in total. The summed E-state index contributed by atoms with van der Waals surface area (Å²) >= 11 is 0. The number of aliphatic hydroxyl groups excluding tert-OH is 1. The lowest BCUT2D eigenvalue weighted by Gasteiger charge is -2.38. The number of ether oxygens (including phenoxy) is 1. The number of nitrogens with one attached hydrogen (secondary N) is 1. The molecule has 0 radical (unpaired) electrons. The Balaban J connectivity index is 0.00000153. The van der Waals surface area contributed by atoms with E-state index in [2.05, 4.69) is 19.6 Å². The Bertz CT molecular complexity index is 1090. The van der Waals surface area contributed by atoms with Gasteiger partial charge >= 0.3 is 5.69 Å². The Morgan fingerprint density at radius 3 is 2.66 bits per heavy atom. The molecule has 2 bridgehead atoms. The number of aryl methyl sites for hydroxylation is 1. The van der Waals surface area contributed by atoms with Crippen LogP contribution in [-0.2, 0) is 24.6 Å². The van der Waals surface area contributed by atoms with Gasteiger partial charge in [-0.1, -0.05) is 0 Å². The van der Waals surface area contributed by atoms with Crippen molar-refractivity contribution < 1.29 is 24.5 Å². The van der Waals surface area contributed by atoms with Gasteiger partial charge in [0.05, 0.1) is 5.25 Å². The zero-order valence-corrected chi connectivity index (χ0v) is 22.9. The predicted molar refractivity (Wildman–Crippen MR) is 135 cm³/mol. The first-order valence-corrected chi connectivity index (χ1v) is 13.7. The number of hydrogen-bond acceptors (Lipinski definition) is 8. The highest BCUT2D eigenvalue weighted by atomic mass is 32.2. The lowest BCUT2D eigenvalue weighted by atomic mass is 9.96. The van der Waals surface area contributed by atoms with Crippen LogP contribution in [0.25, 0.3) is 4.85 Å². The SMILES string of the molecule is [2H]C[C@@]12O[C@@H](n3cc(C)c(=O)[nH]c3=O)[C@@H]([C@@H]1OP(OCC[N+]#[C-])N(C(C)C)C(C)C)S(=O)[C@H]2C.[3H]OC. The summed E-state index contributed by atoms with van der Waals surface area (Å²) in [5, 5.41) is 2.27. The van der Waals surface area contributed by atoms with Gasteiger partial charge in [0.1, 0.15) is 23.6 Å². The minimum atomic E-state index is -1.67. The second kappa shape index (κ2) is 12.2. The standard InChI is InChI=1S/C21H33N4O6PS.CH4O/c1-12(2)25(13(3)4)32(29-10-9-22-8)31-17-16-19(30-21(17,7)15(6)33(16)28)24-11-14(5)18(26)23-20(24)27;1-2/h11-13,15-17,19H,9-10H2,1-7H3,(H,23,26,27);2H,1H3/t15-,16+,17-,19+,21-,32?,33?;/m0./s1/i7D;2T. The van der Waals surface area contributed by atoms with Crippen LogP contribution in [0.4, 0.5) is 0 Å². The van der Waals surface area contributed by atoms with Crippen LogP contribution in [-0.4, -0.2) is 79.5 Å². The van der Waals surface area contributed by atoms with Crippen LogP contribution in [0, 0.1) is 13.5 Å². The van der Waals surface area contributed by atoms with E-state index >= 15 is 0 Å². The minimum absolute atomic E-state index is 0.0640. The zero-order valence-electron chi connectivity index (χ0n) is 23.2. The van der Waals surface area contributed by atoms with E-state index < -0.39 is 59.0 Å². The molecule has 0 spiro atoms. The monoisotopic (exact) mass is 535 g/mol. The summed E-state index contributed by atoms with van der Waals surface area (Å²) in [6, 6.07) is 0.128. The summed E-state index contributed by atoms with van der Waals surface area (Å²) < 4.78 is 49.7. The highest BCUT2D eigenvalue weighted by Gasteiger charge is 2.68. The molecule has 0 aromatic carbocycles. The molecule has 3 rings (SSSR count). The number of fused-ring (bicyclic) bond motifs is 2. The molecule has 11 nitrogen and oxygen atoms in total. The lowest BCUT2D eigenvalue weighted by molar-refractivity contribution is -0.0895. The van der Waals surface area contributed by atoms with E-state index in [0.717, 1.165) is 0 Å². The maximum atomic E-state index is 13.5. The molecule has 1 aromatic heterocycles. The molecule has 3 heterocycles. The van der Waals surface area contributed by atoms with E-state index in [1.807, 2.05) is 27.7 Å². The maximum absolute atomic E-state index is 13.5. The molecule has 1 aromatic rings. The lowest BCUT2D eigenvalue weighted by Crippen LogP contribution is -2.46. The predicted octanol–water partition coefficient (Wildman–Crippen LogP) is 1.93. The molecule has 2 aliphatic heterocycles. The zero-order chi connectivity index (χ0) is 28.1. The maximum Gasteiger partial charge on any atom is 0.330 e. The Labute approximate surface area is 212 Å². The van der Waals surface area contributed by atoms with Crippen LogP contribution >= 0.6 is 8.53 Å². The highest BCUT2D eigenvalue weighted by Crippen LogP contribution is 2.57. The van der Waals surface area contributed by atoms with Crippen molar-refractivity contribution in [2.24, 2.45) is 0 Å². The summed E-state index contributed by atoms with van der Waals surface area (Å²) in [4.78, 5) is 30.1. The van der Waals surface area contributed by atoms with Crippen molar-refractivity contribution in [3.63, 3.8) is 0 Å². The molecule has 2 fully saturated rings. The second-order valence-electron chi connectivity index (χ2n) is 8.92. The third-order valence-electron chi connectivity index (χ3n) is 5.98. The van der Waals surface area contributed by atoms with E-state index in [-0.39, 0.29) is 32.1 Å². The van der Waals surface area contributed by atoms with Gasteiger partial charge in [0.15, 0.2) is 6.23 Å². The van der Waals surface area contributed by atoms with Gasteiger partial charge in [0.25, 0.3) is 14.1 Å². The number of rotatable bonds is 9. The van der Waals surface area contributed by atoms with Gasteiger partial charge in [-0.15, -0.1) is 0 Å². The van der Waals surface area contributed by atoms with Crippen molar-refractivity contribution in [2.45, 2.75) is 89.0 Å². The molecule has 0 amide bonds. The number of hydrogen-bond donors (Lipinski definition) is 2. The summed E-state index contributed by atoms with van der Waals surface area (Å²) in [6.07, 6.45) is -0.335. The average molecular weight is 536 g/mol. The smallest absolute Gasteiger partial charge is 0.330 e. The van der Waals surface area contributed by atoms with Crippen molar-refractivity contribution in [3.8, 4) is 0 Å². The third-order valence-corrected chi connectivity index (χ3v) is 10.2. The van der Waals surface area contributed by atoms with Crippen molar-refractivity contribution in [2.75, 3.05) is 20.3 Å². The molecule has 13 heteroatoms. The normalized spacial score (nSPS) is 31.2. The van der Waals surface area contributed by atoms with E-state index in [9.17, 15) is 13.8 Å². The van der Waals surface area contributed by atoms with Gasteiger partial charge in [-0.05, 0) is 48.4 Å². The van der Waals surface area contributed by atoms with Crippen LogP contribution in [0.3, 0.4) is 0 Å². The van der Waals surface area contributed by atoms with Crippen molar-refractivity contribution >= 4 is 19.3 Å². The van der Waals surface area contributed by atoms with Crippen LogP contribution < -0.4 is 11.2 Å². The molecule has 198 valence electrons. The molecule has 2 unspecified atom stereocenters. The first-order valence-electron chi connectivity index (χ1n) is 12.4. The molecule has 35 heavy (non-hydrogen) atoms. The fourth-order valence-corrected chi connectivity index (χ4v) is 8.19. The van der Waals surface area contributed by atoms with Crippen LogP contribution in [0.5, 0.6) is 0 Å². The molecule has 7 atom stereocenters. The Morgan fingerprint density at radius 1 is 1.49 bits per heavy atom. The van der Waals surface area contributed by atoms with Crippen molar-refractivity contribution in [1.82, 2.24) is 14.2 Å². The Kier molecular flexibility index (Phi) is 9.27. The fourth-order valence-electron chi connectivity index (χ4n) is 4.31. The van der Waals surface area contributed by atoms with Crippen LogP contribution in [0.1, 0.15) is 54.7 Å². The molecular weight excluding hydrogens is 495 g/mol. The third kappa shape index (κ3) is 5.77. The first-order chi connectivity index (χ1) is 17.4. The fraction of sp³-hybridized carbons (Fsp3) is 0.773. The summed E-state index contributed by atoms with van der Waals surface area (Å²) in [5.41, 5.74) is -2.06. The minimum Gasteiger partial charge on any atom is -0.400 e. The van der Waals surface area contributed by atoms with E-state index in [1.165, 1.54) is 17.9 Å². The highest BCUT2D eigenvalue weighted by molar-refractivity contribution is 7.86. The largest absolute Gasteiger partial charge is 0.400 e. The van der Waals surface area contributed by atoms with Gasteiger partial charge in [0.2, 0.25) is 7.98 Å². The number of nitrogens with zero attached hydrogens (tertiary/aromatic N) is 3. The molecule has 2 saturated heterocycles. The summed E-state index contributed by atoms with van der Waals surface area (Å²) in [7, 11) is -1.85. The van der Waals surface area contributed by atoms with Crippen LogP contribution in [0.15, 0.2) is 15.8 Å². The Hall–Kier alpha value is -1.45. The van der Waals surface area contributed by atoms with Crippen molar-refractivity contribution in [1.29, 1.82) is 1.43 Å². The van der Waals surface area contributed by atoms with E-state index in [0.29, 0.717) is 5.56 Å². The topological polar surface area (TPSA) is 127 Å². The molecule has 0 aliphatic carbocycles. The van der Waals surface area contributed by atoms with Gasteiger partial charge < -0.3 is 23.7 Å². The average Bonchev–Trinajstić information content (AvgIpc) is 3.24. The van der Waals surface area contributed by atoms with Crippen LogP contribution in [0.2, 0.25) is 0 Å². The molecular formula is C22H37N4O7PS. The van der Waals surface area contributed by atoms with Gasteiger partial charge in [-0.25, -0.2) is 16.0 Å². The van der Waals surface area contributed by atoms with Gasteiger partial charge in [-0.3, -0.25) is 18.6 Å². The molecule has 0 saturated carbocycles. The van der Waals surface area contributed by atoms with Crippen molar-refractivity contribution in [3.05, 3.63) is 44.0 Å². The number of aliphatic hydroxyl groups is 1. The number of aromatic nitrogens is 2. The van der Waals surface area contributed by atoms with Gasteiger partial charge in [-0.2, -0.15) is 0 Å².